The molecular formula is C14H23N3O2S. The maximum absolute atomic E-state index is 12.6. The third kappa shape index (κ3) is 2.92. The summed E-state index contributed by atoms with van der Waals surface area (Å²) in [6.45, 7) is 2.07. The van der Waals surface area contributed by atoms with Gasteiger partial charge in [-0.3, -0.25) is 0 Å². The molecule has 3 rings (SSSR count). The minimum absolute atomic E-state index is 0.439. The Morgan fingerprint density at radius 3 is 2.60 bits per heavy atom. The smallest absolute Gasteiger partial charge is 0.244 e. The van der Waals surface area contributed by atoms with Crippen molar-refractivity contribution in [2.24, 2.45) is 7.05 Å². The third-order valence-electron chi connectivity index (χ3n) is 4.18. The molecule has 0 bridgehead atoms. The van der Waals surface area contributed by atoms with E-state index in [1.807, 2.05) is 17.7 Å². The molecule has 112 valence electrons. The van der Waals surface area contributed by atoms with E-state index in [1.165, 1.54) is 12.8 Å². The first-order chi connectivity index (χ1) is 9.57. The normalized spacial score (nSPS) is 21.2. The Hall–Kier alpha value is -0.850. The van der Waals surface area contributed by atoms with Crippen LogP contribution in [0, 0.1) is 0 Å². The molecule has 6 heteroatoms. The summed E-state index contributed by atoms with van der Waals surface area (Å²) in [6, 6.07) is 2.45. The molecule has 1 aliphatic carbocycles. The number of hydrogen-bond acceptors (Lipinski definition) is 3. The number of piperidine rings is 1. The molecular weight excluding hydrogens is 274 g/mol. The fourth-order valence-corrected chi connectivity index (χ4v) is 4.30. The van der Waals surface area contributed by atoms with Crippen molar-refractivity contribution in [3.63, 3.8) is 0 Å². The van der Waals surface area contributed by atoms with Crippen LogP contribution in [-0.2, 0) is 23.6 Å². The minimum Gasteiger partial charge on any atom is -0.352 e. The van der Waals surface area contributed by atoms with E-state index in [0.29, 0.717) is 24.0 Å². The molecule has 2 aliphatic rings. The van der Waals surface area contributed by atoms with Gasteiger partial charge >= 0.3 is 0 Å². The van der Waals surface area contributed by atoms with Gasteiger partial charge in [-0.05, 0) is 31.7 Å². The summed E-state index contributed by atoms with van der Waals surface area (Å²) in [4.78, 5) is 0.439. The second-order valence-electron chi connectivity index (χ2n) is 5.90. The number of sulfonamides is 1. The topological polar surface area (TPSA) is 54.3 Å². The second-order valence-corrected chi connectivity index (χ2v) is 7.84. The number of aryl methyl sites for hydroxylation is 1. The molecule has 2 heterocycles. The van der Waals surface area contributed by atoms with Crippen molar-refractivity contribution in [2.75, 3.05) is 13.1 Å². The Bertz CT molecular complexity index is 569. The Morgan fingerprint density at radius 2 is 1.95 bits per heavy atom. The molecule has 0 spiro atoms. The Morgan fingerprint density at radius 1 is 1.25 bits per heavy atom. The van der Waals surface area contributed by atoms with Gasteiger partial charge in [-0.2, -0.15) is 4.31 Å². The van der Waals surface area contributed by atoms with Crippen LogP contribution in [0.1, 0.15) is 37.8 Å². The Labute approximate surface area is 121 Å². The molecule has 0 atom stereocenters. The van der Waals surface area contributed by atoms with Gasteiger partial charge in [0.15, 0.2) is 0 Å². The summed E-state index contributed by atoms with van der Waals surface area (Å²) in [5, 5.41) is 3.43. The van der Waals surface area contributed by atoms with Crippen LogP contribution >= 0.6 is 0 Å². The molecule has 2 fully saturated rings. The van der Waals surface area contributed by atoms with Crippen molar-refractivity contribution < 1.29 is 8.42 Å². The standard InChI is InChI=1S/C14H23N3O2S/c1-16-11-14(9-13(16)10-15-12-5-6-12)20(18,19)17-7-3-2-4-8-17/h9,11-12,15H,2-8,10H2,1H3. The SMILES string of the molecule is Cn1cc(S(=O)(=O)N2CCCCC2)cc1CNC1CC1. The van der Waals surface area contributed by atoms with Gasteiger partial charge in [0.05, 0.1) is 0 Å². The van der Waals surface area contributed by atoms with Crippen molar-refractivity contribution in [2.45, 2.75) is 49.6 Å². The highest BCUT2D eigenvalue weighted by molar-refractivity contribution is 7.89. The number of rotatable bonds is 5. The average Bonchev–Trinajstić information content (AvgIpc) is 3.20. The number of nitrogens with zero attached hydrogens (tertiary/aromatic N) is 2. The predicted octanol–water partition coefficient (Wildman–Crippen LogP) is 1.45. The number of nitrogens with one attached hydrogen (secondary N) is 1. The summed E-state index contributed by atoms with van der Waals surface area (Å²) >= 11 is 0. The Balaban J connectivity index is 1.76. The van der Waals surface area contributed by atoms with Crippen LogP contribution in [0.4, 0.5) is 0 Å². The van der Waals surface area contributed by atoms with Crippen LogP contribution in [0.2, 0.25) is 0 Å². The molecule has 20 heavy (non-hydrogen) atoms. The zero-order valence-corrected chi connectivity index (χ0v) is 12.8. The van der Waals surface area contributed by atoms with Gasteiger partial charge in [0.2, 0.25) is 10.0 Å². The quantitative estimate of drug-likeness (QED) is 0.895. The third-order valence-corrected chi connectivity index (χ3v) is 6.05. The lowest BCUT2D eigenvalue weighted by atomic mass is 10.2. The minimum atomic E-state index is -3.30. The highest BCUT2D eigenvalue weighted by Crippen LogP contribution is 2.23. The Kier molecular flexibility index (Phi) is 3.88. The maximum atomic E-state index is 12.6. The van der Waals surface area contributed by atoms with E-state index in [2.05, 4.69) is 5.32 Å². The van der Waals surface area contributed by atoms with Gasteiger partial charge in [0.1, 0.15) is 4.90 Å². The van der Waals surface area contributed by atoms with Crippen LogP contribution in [0.5, 0.6) is 0 Å². The molecule has 1 saturated heterocycles. The van der Waals surface area contributed by atoms with Crippen molar-refractivity contribution in [1.29, 1.82) is 0 Å². The van der Waals surface area contributed by atoms with Gasteiger partial charge in [0, 0.05) is 44.6 Å². The number of aromatic nitrogens is 1. The van der Waals surface area contributed by atoms with Gasteiger partial charge in [-0.1, -0.05) is 6.42 Å². The molecule has 1 aromatic heterocycles. The zero-order valence-electron chi connectivity index (χ0n) is 12.0. The second kappa shape index (κ2) is 5.50. The molecule has 0 amide bonds. The van der Waals surface area contributed by atoms with Gasteiger partial charge < -0.3 is 9.88 Å². The molecule has 1 N–H and O–H groups in total. The lowest BCUT2D eigenvalue weighted by molar-refractivity contribution is 0.346. The van der Waals surface area contributed by atoms with Gasteiger partial charge in [0.25, 0.3) is 0 Å². The lowest BCUT2D eigenvalue weighted by Crippen LogP contribution is -2.35. The summed E-state index contributed by atoms with van der Waals surface area (Å²) in [5.74, 6) is 0. The molecule has 1 aliphatic heterocycles. The molecule has 5 nitrogen and oxygen atoms in total. The van der Waals surface area contributed by atoms with Gasteiger partial charge in [-0.15, -0.1) is 0 Å². The fourth-order valence-electron chi connectivity index (χ4n) is 2.68. The molecule has 0 aromatic carbocycles. The molecule has 0 radical (unpaired) electrons. The van der Waals surface area contributed by atoms with E-state index in [0.717, 1.165) is 31.5 Å². The van der Waals surface area contributed by atoms with Crippen LogP contribution in [0.15, 0.2) is 17.2 Å². The molecule has 0 unspecified atom stereocenters. The highest BCUT2D eigenvalue weighted by Gasteiger charge is 2.27. The monoisotopic (exact) mass is 297 g/mol. The first-order valence-electron chi connectivity index (χ1n) is 7.46. The summed E-state index contributed by atoms with van der Waals surface area (Å²) in [7, 11) is -1.39. The first-order valence-corrected chi connectivity index (χ1v) is 8.90. The van der Waals surface area contributed by atoms with E-state index in [4.69, 9.17) is 0 Å². The van der Waals surface area contributed by atoms with Crippen molar-refractivity contribution in [3.8, 4) is 0 Å². The predicted molar refractivity (Wildman–Crippen MR) is 77.9 cm³/mol. The maximum Gasteiger partial charge on any atom is 0.244 e. The van der Waals surface area contributed by atoms with E-state index in [9.17, 15) is 8.42 Å². The molecule has 1 aromatic rings. The summed E-state index contributed by atoms with van der Waals surface area (Å²) < 4.78 is 28.7. The van der Waals surface area contributed by atoms with Crippen molar-refractivity contribution >= 4 is 10.0 Å². The van der Waals surface area contributed by atoms with Gasteiger partial charge in [-0.25, -0.2) is 8.42 Å². The first kappa shape index (κ1) is 14.1. The zero-order chi connectivity index (χ0) is 14.2. The number of hydrogen-bond donors (Lipinski definition) is 1. The lowest BCUT2D eigenvalue weighted by Gasteiger charge is -2.25. The van der Waals surface area contributed by atoms with Crippen LogP contribution in [-0.4, -0.2) is 36.4 Å². The van der Waals surface area contributed by atoms with E-state index in [-0.39, 0.29) is 0 Å². The van der Waals surface area contributed by atoms with Crippen molar-refractivity contribution in [1.82, 2.24) is 14.2 Å². The largest absolute Gasteiger partial charge is 0.352 e. The van der Waals surface area contributed by atoms with E-state index >= 15 is 0 Å². The molecule has 1 saturated carbocycles. The van der Waals surface area contributed by atoms with E-state index in [1.54, 1.807) is 10.5 Å². The summed E-state index contributed by atoms with van der Waals surface area (Å²) in [5.41, 5.74) is 1.03. The van der Waals surface area contributed by atoms with Crippen molar-refractivity contribution in [3.05, 3.63) is 18.0 Å². The fraction of sp³-hybridized carbons (Fsp3) is 0.714. The highest BCUT2D eigenvalue weighted by atomic mass is 32.2. The van der Waals surface area contributed by atoms with Crippen LogP contribution in [0.25, 0.3) is 0 Å². The van der Waals surface area contributed by atoms with Crippen LogP contribution in [0.3, 0.4) is 0 Å². The van der Waals surface area contributed by atoms with Crippen LogP contribution < -0.4 is 5.32 Å². The van der Waals surface area contributed by atoms with E-state index < -0.39 is 10.0 Å². The summed E-state index contributed by atoms with van der Waals surface area (Å²) in [6.07, 6.45) is 7.31. The average molecular weight is 297 g/mol.